The summed E-state index contributed by atoms with van der Waals surface area (Å²) >= 11 is 1.69. The Morgan fingerprint density at radius 3 is 2.52 bits per heavy atom. The van der Waals surface area contributed by atoms with Crippen LogP contribution in [0.3, 0.4) is 0 Å². The molecule has 1 aromatic carbocycles. The van der Waals surface area contributed by atoms with Crippen molar-refractivity contribution in [2.24, 2.45) is 0 Å². The highest BCUT2D eigenvalue weighted by Gasteiger charge is 2.21. The molecular formula is C22H29N5OS. The lowest BCUT2D eigenvalue weighted by Gasteiger charge is -2.21. The maximum absolute atomic E-state index is 5.55. The van der Waals surface area contributed by atoms with Gasteiger partial charge >= 0.3 is 0 Å². The third kappa shape index (κ3) is 4.06. The van der Waals surface area contributed by atoms with E-state index in [1.807, 2.05) is 0 Å². The summed E-state index contributed by atoms with van der Waals surface area (Å²) in [7, 11) is 0. The van der Waals surface area contributed by atoms with Crippen LogP contribution in [-0.4, -0.2) is 33.0 Å². The molecule has 0 bridgehead atoms. The van der Waals surface area contributed by atoms with E-state index in [2.05, 4.69) is 69.9 Å². The van der Waals surface area contributed by atoms with Crippen molar-refractivity contribution in [2.45, 2.75) is 63.9 Å². The van der Waals surface area contributed by atoms with E-state index in [0.717, 1.165) is 66.2 Å². The third-order valence-electron chi connectivity index (χ3n) is 5.66. The van der Waals surface area contributed by atoms with Gasteiger partial charge in [0.2, 0.25) is 0 Å². The minimum Gasteiger partial charge on any atom is -0.372 e. The first-order chi connectivity index (χ1) is 14.2. The summed E-state index contributed by atoms with van der Waals surface area (Å²) < 4.78 is 7.73. The third-order valence-corrected chi connectivity index (χ3v) is 6.63. The van der Waals surface area contributed by atoms with Crippen LogP contribution in [0.25, 0.3) is 11.4 Å². The van der Waals surface area contributed by atoms with Crippen molar-refractivity contribution in [1.29, 1.82) is 0 Å². The lowest BCUT2D eigenvalue weighted by Crippen LogP contribution is -2.21. The molecule has 2 heterocycles. The highest BCUT2D eigenvalue weighted by atomic mass is 32.2. The molecule has 0 fully saturated rings. The monoisotopic (exact) mass is 411 g/mol. The molecule has 1 aliphatic carbocycles. The van der Waals surface area contributed by atoms with Crippen LogP contribution in [-0.2, 0) is 25.1 Å². The summed E-state index contributed by atoms with van der Waals surface area (Å²) in [6.45, 7) is 9.35. The Labute approximate surface area is 176 Å². The van der Waals surface area contributed by atoms with Gasteiger partial charge in [-0.15, -0.1) is 10.2 Å². The van der Waals surface area contributed by atoms with E-state index in [1.165, 1.54) is 24.1 Å². The number of nitrogens with zero attached hydrogens (tertiary/aromatic N) is 5. The van der Waals surface area contributed by atoms with Crippen LogP contribution in [0.1, 0.15) is 50.6 Å². The molecule has 2 aromatic heterocycles. The van der Waals surface area contributed by atoms with E-state index in [4.69, 9.17) is 4.52 Å². The molecule has 6 nitrogen and oxygen atoms in total. The van der Waals surface area contributed by atoms with Gasteiger partial charge < -0.3 is 14.0 Å². The van der Waals surface area contributed by atoms with Crippen molar-refractivity contribution in [3.63, 3.8) is 0 Å². The smallest absolute Gasteiger partial charge is 0.191 e. The van der Waals surface area contributed by atoms with Crippen LogP contribution < -0.4 is 4.90 Å². The minimum absolute atomic E-state index is 0.776. The summed E-state index contributed by atoms with van der Waals surface area (Å²) in [5.41, 5.74) is 4.73. The molecule has 0 saturated heterocycles. The number of rotatable bonds is 8. The largest absolute Gasteiger partial charge is 0.372 e. The Kier molecular flexibility index (Phi) is 6.23. The summed E-state index contributed by atoms with van der Waals surface area (Å²) in [4.78, 5) is 2.34. The second kappa shape index (κ2) is 9.03. The summed E-state index contributed by atoms with van der Waals surface area (Å²) in [5, 5.41) is 14.2. The quantitative estimate of drug-likeness (QED) is 0.488. The van der Waals surface area contributed by atoms with E-state index in [-0.39, 0.29) is 0 Å². The summed E-state index contributed by atoms with van der Waals surface area (Å²) in [6, 6.07) is 8.63. The van der Waals surface area contributed by atoms with Crippen LogP contribution in [0.4, 0.5) is 5.69 Å². The van der Waals surface area contributed by atoms with Gasteiger partial charge in [-0.1, -0.05) is 16.9 Å². The number of hydrogen-bond donors (Lipinski definition) is 0. The van der Waals surface area contributed by atoms with E-state index < -0.39 is 0 Å². The molecule has 0 spiro atoms. The van der Waals surface area contributed by atoms with Crippen molar-refractivity contribution in [3.05, 3.63) is 41.3 Å². The first-order valence-corrected chi connectivity index (χ1v) is 11.6. The average molecular weight is 412 g/mol. The fourth-order valence-electron chi connectivity index (χ4n) is 4.00. The Balaban J connectivity index is 1.51. The lowest BCUT2D eigenvalue weighted by atomic mass is 9.97. The normalized spacial score (nSPS) is 13.5. The molecule has 0 atom stereocenters. The van der Waals surface area contributed by atoms with Gasteiger partial charge in [0.25, 0.3) is 0 Å². The van der Waals surface area contributed by atoms with Gasteiger partial charge in [0, 0.05) is 48.6 Å². The molecule has 7 heteroatoms. The van der Waals surface area contributed by atoms with Crippen molar-refractivity contribution in [3.8, 4) is 11.4 Å². The summed E-state index contributed by atoms with van der Waals surface area (Å²) in [6.07, 6.45) is 4.53. The van der Waals surface area contributed by atoms with Gasteiger partial charge in [0.15, 0.2) is 11.0 Å². The van der Waals surface area contributed by atoms with Gasteiger partial charge in [-0.05, 0) is 64.3 Å². The molecule has 0 amide bonds. The van der Waals surface area contributed by atoms with Crippen LogP contribution in [0.15, 0.2) is 33.9 Å². The topological polar surface area (TPSA) is 60.0 Å². The van der Waals surface area contributed by atoms with Crippen molar-refractivity contribution >= 4 is 17.4 Å². The molecule has 4 rings (SSSR count). The van der Waals surface area contributed by atoms with Crippen LogP contribution in [0.2, 0.25) is 0 Å². The molecule has 154 valence electrons. The Morgan fingerprint density at radius 2 is 1.79 bits per heavy atom. The number of anilines is 1. The summed E-state index contributed by atoms with van der Waals surface area (Å²) in [5.74, 6) is 2.78. The molecule has 0 N–H and O–H groups in total. The standard InChI is InChI=1S/C22H29N5OS/c1-4-26(5-2)17-13-11-16(12-14-17)21-23-24-22(27(21)6-3)29-15-19-18-9-7-8-10-20(18)28-25-19/h11-14H,4-10,15H2,1-3H3. The van der Waals surface area contributed by atoms with E-state index in [9.17, 15) is 0 Å². The number of thioether (sulfide) groups is 1. The van der Waals surface area contributed by atoms with Crippen molar-refractivity contribution in [1.82, 2.24) is 19.9 Å². The van der Waals surface area contributed by atoms with Crippen LogP contribution >= 0.6 is 11.8 Å². The predicted octanol–water partition coefficient (Wildman–Crippen LogP) is 4.97. The zero-order chi connectivity index (χ0) is 20.2. The van der Waals surface area contributed by atoms with Gasteiger partial charge in [-0.25, -0.2) is 0 Å². The SMILES string of the molecule is CCN(CC)c1ccc(-c2nnc(SCc3noc4c3CCCC4)n2CC)cc1. The molecule has 0 unspecified atom stereocenters. The molecular weight excluding hydrogens is 382 g/mol. The molecule has 0 saturated carbocycles. The molecule has 1 aliphatic rings. The molecule has 3 aromatic rings. The molecule has 29 heavy (non-hydrogen) atoms. The number of hydrogen-bond acceptors (Lipinski definition) is 6. The highest BCUT2D eigenvalue weighted by Crippen LogP contribution is 2.31. The zero-order valence-electron chi connectivity index (χ0n) is 17.5. The van der Waals surface area contributed by atoms with E-state index in [1.54, 1.807) is 11.8 Å². The van der Waals surface area contributed by atoms with Gasteiger partial charge in [0.1, 0.15) is 5.76 Å². The van der Waals surface area contributed by atoms with Crippen LogP contribution in [0, 0.1) is 0 Å². The number of aryl methyl sites for hydroxylation is 1. The van der Waals surface area contributed by atoms with E-state index in [0.29, 0.717) is 0 Å². The van der Waals surface area contributed by atoms with Gasteiger partial charge in [0.05, 0.1) is 5.69 Å². The number of fused-ring (bicyclic) bond motifs is 1. The van der Waals surface area contributed by atoms with Gasteiger partial charge in [-0.3, -0.25) is 0 Å². The molecule has 0 radical (unpaired) electrons. The fourth-order valence-corrected chi connectivity index (χ4v) is 4.96. The highest BCUT2D eigenvalue weighted by molar-refractivity contribution is 7.98. The van der Waals surface area contributed by atoms with Gasteiger partial charge in [-0.2, -0.15) is 0 Å². The maximum Gasteiger partial charge on any atom is 0.191 e. The number of benzene rings is 1. The van der Waals surface area contributed by atoms with Crippen LogP contribution in [0.5, 0.6) is 0 Å². The second-order valence-electron chi connectivity index (χ2n) is 7.30. The maximum atomic E-state index is 5.55. The Morgan fingerprint density at radius 1 is 1.03 bits per heavy atom. The van der Waals surface area contributed by atoms with Crippen molar-refractivity contribution < 1.29 is 4.52 Å². The fraction of sp³-hybridized carbons (Fsp3) is 0.500. The average Bonchev–Trinajstić information content (AvgIpc) is 3.37. The first-order valence-electron chi connectivity index (χ1n) is 10.6. The second-order valence-corrected chi connectivity index (χ2v) is 8.24. The Hall–Kier alpha value is -2.28. The lowest BCUT2D eigenvalue weighted by molar-refractivity contribution is 0.369. The molecule has 0 aliphatic heterocycles. The minimum atomic E-state index is 0.776. The Bertz CT molecular complexity index is 943. The first kappa shape index (κ1) is 20.0. The predicted molar refractivity (Wildman–Crippen MR) is 117 cm³/mol. The van der Waals surface area contributed by atoms with E-state index >= 15 is 0 Å². The number of aromatic nitrogens is 4. The van der Waals surface area contributed by atoms with Crippen molar-refractivity contribution in [2.75, 3.05) is 18.0 Å². The zero-order valence-corrected chi connectivity index (χ0v) is 18.3.